The van der Waals surface area contributed by atoms with Gasteiger partial charge in [0.15, 0.2) is 0 Å². The fraction of sp³-hybridized carbons (Fsp3) is 0.250. The second-order valence-corrected chi connectivity index (χ2v) is 4.26. The fourth-order valence-corrected chi connectivity index (χ4v) is 1.34. The van der Waals surface area contributed by atoms with E-state index in [1.807, 2.05) is 0 Å². The van der Waals surface area contributed by atoms with Gasteiger partial charge in [-0.25, -0.2) is 0 Å². The highest BCUT2D eigenvalue weighted by Crippen LogP contribution is 2.07. The topological polar surface area (TPSA) is 60.2 Å². The Bertz CT molecular complexity index is 363. The summed E-state index contributed by atoms with van der Waals surface area (Å²) in [5.74, 6) is 0. The van der Waals surface area contributed by atoms with Gasteiger partial charge in [0.05, 0.1) is 0 Å². The fourth-order valence-electron chi connectivity index (χ4n) is 0.946. The minimum atomic E-state index is -4.62. The van der Waals surface area contributed by atoms with E-state index in [-0.39, 0.29) is 6.42 Å². The van der Waals surface area contributed by atoms with Crippen molar-refractivity contribution in [1.82, 2.24) is 0 Å². The summed E-state index contributed by atoms with van der Waals surface area (Å²) in [5.41, 5.74) is 5.82. The quantitative estimate of drug-likeness (QED) is 0.739. The highest BCUT2D eigenvalue weighted by Gasteiger charge is 2.19. The van der Waals surface area contributed by atoms with Gasteiger partial charge in [-0.15, -0.1) is 3.89 Å². The largest absolute Gasteiger partial charge is 0.318 e. The van der Waals surface area contributed by atoms with E-state index in [4.69, 9.17) is 5.73 Å². The molecule has 72 valence electrons. The molecule has 1 atom stereocenters. The molecule has 3 nitrogen and oxygen atoms in total. The summed E-state index contributed by atoms with van der Waals surface area (Å²) in [6.45, 7) is 0. The summed E-state index contributed by atoms with van der Waals surface area (Å²) in [4.78, 5) is 0. The average molecular weight is 203 g/mol. The third kappa shape index (κ3) is 3.12. The Balaban J connectivity index is 2.72. The van der Waals surface area contributed by atoms with Crippen molar-refractivity contribution in [2.45, 2.75) is 11.8 Å². The first-order valence-corrected chi connectivity index (χ1v) is 5.18. The maximum absolute atomic E-state index is 12.3. The SMILES string of the molecule is NC(Cc1ccccc1)S(=O)(=O)F. The summed E-state index contributed by atoms with van der Waals surface area (Å²) in [5, 5.41) is -1.46. The molecule has 0 saturated carbocycles. The Morgan fingerprint density at radius 3 is 2.31 bits per heavy atom. The number of halogens is 1. The van der Waals surface area contributed by atoms with E-state index in [2.05, 4.69) is 0 Å². The Hall–Kier alpha value is -0.940. The van der Waals surface area contributed by atoms with Crippen LogP contribution in [0.3, 0.4) is 0 Å². The predicted molar refractivity (Wildman–Crippen MR) is 48.1 cm³/mol. The lowest BCUT2D eigenvalue weighted by Gasteiger charge is -2.05. The molecule has 13 heavy (non-hydrogen) atoms. The van der Waals surface area contributed by atoms with Crippen molar-refractivity contribution >= 4 is 10.2 Å². The maximum atomic E-state index is 12.3. The standard InChI is InChI=1S/C8H10FNO2S/c9-13(11,12)8(10)6-7-4-2-1-3-5-7/h1-5,8H,6,10H2. The lowest BCUT2D eigenvalue weighted by molar-refractivity contribution is 0.534. The van der Waals surface area contributed by atoms with Crippen molar-refractivity contribution in [3.05, 3.63) is 35.9 Å². The molecule has 0 spiro atoms. The van der Waals surface area contributed by atoms with Gasteiger partial charge in [0.25, 0.3) is 0 Å². The molecule has 0 radical (unpaired) electrons. The van der Waals surface area contributed by atoms with Gasteiger partial charge in [-0.3, -0.25) is 0 Å². The van der Waals surface area contributed by atoms with Gasteiger partial charge in [0.1, 0.15) is 5.37 Å². The van der Waals surface area contributed by atoms with Gasteiger partial charge in [-0.1, -0.05) is 30.3 Å². The number of hydrogen-bond donors (Lipinski definition) is 1. The van der Waals surface area contributed by atoms with E-state index >= 15 is 0 Å². The number of hydrogen-bond acceptors (Lipinski definition) is 3. The van der Waals surface area contributed by atoms with Crippen LogP contribution in [0.25, 0.3) is 0 Å². The van der Waals surface area contributed by atoms with Crippen LogP contribution in [0, 0.1) is 0 Å². The van der Waals surface area contributed by atoms with Crippen LogP contribution in [0.5, 0.6) is 0 Å². The van der Waals surface area contributed by atoms with Crippen LogP contribution in [-0.4, -0.2) is 13.8 Å². The van der Waals surface area contributed by atoms with Crippen LogP contribution in [0.15, 0.2) is 30.3 Å². The molecule has 1 aromatic carbocycles. The molecule has 0 aliphatic carbocycles. The van der Waals surface area contributed by atoms with Crippen LogP contribution in [0.1, 0.15) is 5.56 Å². The van der Waals surface area contributed by atoms with Gasteiger partial charge >= 0.3 is 10.2 Å². The minimum absolute atomic E-state index is 0.000324. The molecule has 0 aliphatic heterocycles. The zero-order valence-corrected chi connectivity index (χ0v) is 7.67. The average Bonchev–Trinajstić information content (AvgIpc) is 2.04. The van der Waals surface area contributed by atoms with Gasteiger partial charge in [-0.2, -0.15) is 8.42 Å². The molecule has 1 rings (SSSR count). The predicted octanol–water partition coefficient (Wildman–Crippen LogP) is 0.813. The molecule has 0 aromatic heterocycles. The van der Waals surface area contributed by atoms with Gasteiger partial charge in [0.2, 0.25) is 0 Å². The van der Waals surface area contributed by atoms with Crippen LogP contribution >= 0.6 is 0 Å². The van der Waals surface area contributed by atoms with Gasteiger partial charge in [-0.05, 0) is 5.56 Å². The lowest BCUT2D eigenvalue weighted by atomic mass is 10.2. The van der Waals surface area contributed by atoms with E-state index < -0.39 is 15.6 Å². The van der Waals surface area contributed by atoms with Crippen LogP contribution in [0.4, 0.5) is 3.89 Å². The second-order valence-electron chi connectivity index (χ2n) is 2.70. The molecular formula is C8H10FNO2S. The molecule has 0 aliphatic rings. The first-order chi connectivity index (χ1) is 6.00. The smallest absolute Gasteiger partial charge is 0.313 e. The van der Waals surface area contributed by atoms with Gasteiger partial charge < -0.3 is 5.73 Å². The van der Waals surface area contributed by atoms with E-state index in [1.54, 1.807) is 30.3 Å². The van der Waals surface area contributed by atoms with Crippen LogP contribution in [-0.2, 0) is 16.6 Å². The van der Waals surface area contributed by atoms with Gasteiger partial charge in [0, 0.05) is 6.42 Å². The normalized spacial score (nSPS) is 14.0. The van der Waals surface area contributed by atoms with Crippen molar-refractivity contribution in [3.63, 3.8) is 0 Å². The lowest BCUT2D eigenvalue weighted by Crippen LogP contribution is -2.29. The van der Waals surface area contributed by atoms with Crippen molar-refractivity contribution in [3.8, 4) is 0 Å². The third-order valence-corrected chi connectivity index (χ3v) is 2.53. The van der Waals surface area contributed by atoms with Crippen molar-refractivity contribution in [2.75, 3.05) is 0 Å². The minimum Gasteiger partial charge on any atom is -0.313 e. The monoisotopic (exact) mass is 203 g/mol. The van der Waals surface area contributed by atoms with E-state index in [9.17, 15) is 12.3 Å². The third-order valence-electron chi connectivity index (χ3n) is 1.64. The summed E-state index contributed by atoms with van der Waals surface area (Å²) < 4.78 is 33.0. The number of benzene rings is 1. The number of rotatable bonds is 3. The molecule has 1 aromatic rings. The molecule has 0 bridgehead atoms. The molecule has 0 amide bonds. The molecule has 5 heteroatoms. The Kier molecular flexibility index (Phi) is 3.00. The first-order valence-electron chi connectivity index (χ1n) is 3.73. The summed E-state index contributed by atoms with van der Waals surface area (Å²) in [6.07, 6.45) is -0.000324. The van der Waals surface area contributed by atoms with E-state index in [0.29, 0.717) is 5.56 Å². The van der Waals surface area contributed by atoms with E-state index in [0.717, 1.165) is 0 Å². The molecular weight excluding hydrogens is 193 g/mol. The van der Waals surface area contributed by atoms with Crippen LogP contribution < -0.4 is 5.73 Å². The summed E-state index contributed by atoms with van der Waals surface area (Å²) in [7, 11) is -4.62. The molecule has 0 heterocycles. The zero-order chi connectivity index (χ0) is 9.90. The summed E-state index contributed by atoms with van der Waals surface area (Å²) in [6, 6.07) is 8.68. The van der Waals surface area contributed by atoms with Crippen molar-refractivity contribution in [1.29, 1.82) is 0 Å². The molecule has 2 N–H and O–H groups in total. The van der Waals surface area contributed by atoms with Crippen LogP contribution in [0.2, 0.25) is 0 Å². The molecule has 1 unspecified atom stereocenters. The first kappa shape index (κ1) is 10.1. The molecule has 0 fully saturated rings. The van der Waals surface area contributed by atoms with Crippen molar-refractivity contribution in [2.24, 2.45) is 5.73 Å². The Morgan fingerprint density at radius 2 is 1.85 bits per heavy atom. The molecule has 0 saturated heterocycles. The summed E-state index contributed by atoms with van der Waals surface area (Å²) >= 11 is 0. The highest BCUT2D eigenvalue weighted by atomic mass is 32.3. The number of nitrogens with two attached hydrogens (primary N) is 1. The Morgan fingerprint density at radius 1 is 1.31 bits per heavy atom. The second kappa shape index (κ2) is 3.85. The Labute approximate surface area is 76.6 Å². The van der Waals surface area contributed by atoms with Crippen molar-refractivity contribution < 1.29 is 12.3 Å². The highest BCUT2D eigenvalue weighted by molar-refractivity contribution is 7.86. The zero-order valence-electron chi connectivity index (χ0n) is 6.85. The maximum Gasteiger partial charge on any atom is 0.318 e. The van der Waals surface area contributed by atoms with E-state index in [1.165, 1.54) is 0 Å².